The maximum atomic E-state index is 7.58. The molecular formula is C22H15N2O2+. The molecule has 2 heterocycles. The van der Waals surface area contributed by atoms with E-state index in [1.54, 1.807) is 0 Å². The van der Waals surface area contributed by atoms with Crippen LogP contribution in [0.2, 0.25) is 0 Å². The predicted octanol–water partition coefficient (Wildman–Crippen LogP) is 5.68. The maximum absolute atomic E-state index is 7.58. The highest BCUT2D eigenvalue weighted by molar-refractivity contribution is 6.19. The van der Waals surface area contributed by atoms with Crippen LogP contribution in [0.15, 0.2) is 63.4 Å². The Morgan fingerprint density at radius 3 is 2.54 bits per heavy atom. The van der Waals surface area contributed by atoms with E-state index in [1.165, 1.54) is 0 Å². The normalized spacial score (nSPS) is 11.4. The van der Waals surface area contributed by atoms with Gasteiger partial charge in [0.05, 0.1) is 17.5 Å². The first kappa shape index (κ1) is 14.7. The van der Waals surface area contributed by atoms with Crippen molar-refractivity contribution in [1.82, 2.24) is 0 Å². The van der Waals surface area contributed by atoms with E-state index in [1.807, 2.05) is 60.1 Å². The predicted molar refractivity (Wildman–Crippen MR) is 101 cm³/mol. The summed E-state index contributed by atoms with van der Waals surface area (Å²) in [6, 6.07) is 17.8. The van der Waals surface area contributed by atoms with Crippen molar-refractivity contribution in [3.05, 3.63) is 71.6 Å². The van der Waals surface area contributed by atoms with E-state index in [9.17, 15) is 0 Å². The van der Waals surface area contributed by atoms with E-state index >= 15 is 0 Å². The number of fused-ring (bicyclic) bond motifs is 5. The van der Waals surface area contributed by atoms with Crippen LogP contribution in [0.1, 0.15) is 5.56 Å². The first-order chi connectivity index (χ1) is 12.7. The molecule has 5 aromatic rings. The fraction of sp³-hybridized carbons (Fsp3) is 0.0909. The fourth-order valence-corrected chi connectivity index (χ4v) is 3.60. The Morgan fingerprint density at radius 2 is 1.73 bits per heavy atom. The molecule has 0 spiro atoms. The van der Waals surface area contributed by atoms with Gasteiger partial charge in [-0.05, 0) is 24.6 Å². The van der Waals surface area contributed by atoms with Crippen molar-refractivity contribution in [3.8, 4) is 11.5 Å². The summed E-state index contributed by atoms with van der Waals surface area (Å²) >= 11 is 0. The Bertz CT molecular complexity index is 1370. The van der Waals surface area contributed by atoms with Crippen LogP contribution in [0, 0.1) is 13.5 Å². The highest BCUT2D eigenvalue weighted by Crippen LogP contribution is 2.41. The zero-order valence-corrected chi connectivity index (χ0v) is 14.4. The van der Waals surface area contributed by atoms with E-state index in [4.69, 9.17) is 15.4 Å². The molecule has 3 aromatic carbocycles. The SMILES string of the molecule is [C-]#[N+]c1cc2c(oc(-c3ccccc3C)[n+]2C)c2c1oc1ccccc12. The molecule has 0 aliphatic heterocycles. The Morgan fingerprint density at radius 1 is 0.962 bits per heavy atom. The smallest absolute Gasteiger partial charge is 0.381 e. The van der Waals surface area contributed by atoms with Gasteiger partial charge in [-0.2, -0.15) is 4.57 Å². The molecule has 0 aliphatic rings. The minimum Gasteiger partial charge on any atom is -0.467 e. The first-order valence-electron chi connectivity index (χ1n) is 8.39. The van der Waals surface area contributed by atoms with Crippen LogP contribution in [-0.4, -0.2) is 0 Å². The topological polar surface area (TPSA) is 34.5 Å². The number of rotatable bonds is 1. The van der Waals surface area contributed by atoms with Crippen molar-refractivity contribution in [2.24, 2.45) is 7.05 Å². The third-order valence-electron chi connectivity index (χ3n) is 4.92. The number of benzene rings is 3. The van der Waals surface area contributed by atoms with Gasteiger partial charge in [-0.25, -0.2) is 4.85 Å². The summed E-state index contributed by atoms with van der Waals surface area (Å²) < 4.78 is 14.3. The highest BCUT2D eigenvalue weighted by atomic mass is 16.4. The highest BCUT2D eigenvalue weighted by Gasteiger charge is 2.27. The Balaban J connectivity index is 2.00. The van der Waals surface area contributed by atoms with Crippen molar-refractivity contribution in [2.75, 3.05) is 0 Å². The molecule has 0 fully saturated rings. The lowest BCUT2D eigenvalue weighted by Crippen LogP contribution is -2.28. The molecule has 0 saturated carbocycles. The molecule has 5 rings (SSSR count). The Labute approximate surface area is 149 Å². The van der Waals surface area contributed by atoms with Crippen LogP contribution in [0.4, 0.5) is 5.69 Å². The Kier molecular flexibility index (Phi) is 2.95. The third kappa shape index (κ3) is 1.86. The number of nitrogens with zero attached hydrogens (tertiary/aromatic N) is 2. The van der Waals surface area contributed by atoms with Gasteiger partial charge in [0.25, 0.3) is 0 Å². The van der Waals surface area contributed by atoms with Crippen LogP contribution in [0.25, 0.3) is 49.3 Å². The van der Waals surface area contributed by atoms with Crippen molar-refractivity contribution < 1.29 is 13.4 Å². The molecule has 4 nitrogen and oxygen atoms in total. The number of oxazole rings is 1. The fourth-order valence-electron chi connectivity index (χ4n) is 3.60. The monoisotopic (exact) mass is 339 g/mol. The standard InChI is InChI=1S/C22H15N2O2/c1-13-8-4-5-9-14(13)22-24(3)17-12-16(23-2)20-19(21(17)26-22)15-10-6-7-11-18(15)25-20/h4-12H,1,3H3/q+1. The Hall–Kier alpha value is -3.58. The van der Waals surface area contributed by atoms with Crippen LogP contribution >= 0.6 is 0 Å². The summed E-state index contributed by atoms with van der Waals surface area (Å²) in [4.78, 5) is 3.69. The summed E-state index contributed by atoms with van der Waals surface area (Å²) in [7, 11) is 1.97. The molecule has 0 atom stereocenters. The first-order valence-corrected chi connectivity index (χ1v) is 8.39. The van der Waals surface area contributed by atoms with Crippen LogP contribution in [0.5, 0.6) is 0 Å². The zero-order valence-electron chi connectivity index (χ0n) is 14.4. The van der Waals surface area contributed by atoms with Crippen molar-refractivity contribution >= 4 is 38.7 Å². The van der Waals surface area contributed by atoms with Crippen molar-refractivity contribution in [3.63, 3.8) is 0 Å². The van der Waals surface area contributed by atoms with Gasteiger partial charge in [-0.3, -0.25) is 0 Å². The number of furan rings is 1. The molecule has 4 heteroatoms. The van der Waals surface area contributed by atoms with Gasteiger partial charge in [0.2, 0.25) is 16.8 Å². The van der Waals surface area contributed by atoms with Gasteiger partial charge in [0, 0.05) is 11.5 Å². The minimum absolute atomic E-state index is 0.497. The number of para-hydroxylation sites is 1. The largest absolute Gasteiger partial charge is 0.467 e. The van der Waals surface area contributed by atoms with E-state index in [0.717, 1.165) is 44.5 Å². The lowest BCUT2D eigenvalue weighted by atomic mass is 10.1. The molecule has 0 N–H and O–H groups in total. The lowest BCUT2D eigenvalue weighted by molar-refractivity contribution is -0.637. The third-order valence-corrected chi connectivity index (χ3v) is 4.92. The van der Waals surface area contributed by atoms with Gasteiger partial charge >= 0.3 is 5.89 Å². The molecule has 0 amide bonds. The number of aromatic nitrogens is 1. The summed E-state index contributed by atoms with van der Waals surface area (Å²) in [5, 5.41) is 1.82. The van der Waals surface area contributed by atoms with Gasteiger partial charge in [0.15, 0.2) is 0 Å². The molecule has 0 bridgehead atoms. The average Bonchev–Trinajstić information content (AvgIpc) is 3.20. The molecule has 2 aromatic heterocycles. The van der Waals surface area contributed by atoms with E-state index in [-0.39, 0.29) is 0 Å². The van der Waals surface area contributed by atoms with Crippen molar-refractivity contribution in [1.29, 1.82) is 0 Å². The van der Waals surface area contributed by atoms with E-state index < -0.39 is 0 Å². The average molecular weight is 339 g/mol. The molecule has 0 unspecified atom stereocenters. The van der Waals surface area contributed by atoms with Crippen LogP contribution in [-0.2, 0) is 7.05 Å². The minimum atomic E-state index is 0.497. The van der Waals surface area contributed by atoms with Crippen molar-refractivity contribution in [2.45, 2.75) is 6.92 Å². The number of aryl methyl sites for hydroxylation is 2. The summed E-state index contributed by atoms with van der Waals surface area (Å²) in [6.07, 6.45) is 0. The van der Waals surface area contributed by atoms with Gasteiger partial charge in [-0.15, -0.1) is 0 Å². The van der Waals surface area contributed by atoms with E-state index in [2.05, 4.69) is 17.8 Å². The second-order valence-electron chi connectivity index (χ2n) is 6.44. The molecule has 0 saturated heterocycles. The second kappa shape index (κ2) is 5.21. The van der Waals surface area contributed by atoms with Gasteiger partial charge in [-0.1, -0.05) is 36.4 Å². The molecule has 124 valence electrons. The quantitative estimate of drug-likeness (QED) is 0.291. The maximum Gasteiger partial charge on any atom is 0.381 e. The summed E-state index contributed by atoms with van der Waals surface area (Å²) in [5.41, 5.74) is 5.65. The van der Waals surface area contributed by atoms with Gasteiger partial charge in [0.1, 0.15) is 18.2 Å². The summed E-state index contributed by atoms with van der Waals surface area (Å²) in [5.74, 6) is 0.770. The second-order valence-corrected chi connectivity index (χ2v) is 6.44. The lowest BCUT2D eigenvalue weighted by Gasteiger charge is -1.97. The number of hydrogen-bond acceptors (Lipinski definition) is 2. The molecule has 0 radical (unpaired) electrons. The zero-order chi connectivity index (χ0) is 17.8. The van der Waals surface area contributed by atoms with E-state index in [0.29, 0.717) is 11.3 Å². The molecular weight excluding hydrogens is 324 g/mol. The van der Waals surface area contributed by atoms with Gasteiger partial charge < -0.3 is 8.83 Å². The summed E-state index contributed by atoms with van der Waals surface area (Å²) in [6.45, 7) is 9.64. The molecule has 26 heavy (non-hydrogen) atoms. The van der Waals surface area contributed by atoms with Crippen LogP contribution < -0.4 is 4.57 Å². The van der Waals surface area contributed by atoms with Crippen LogP contribution in [0.3, 0.4) is 0 Å². The molecule has 0 aliphatic carbocycles. The number of hydrogen-bond donors (Lipinski definition) is 0.